The number of sulfonamides is 1. The number of nitrogens with one attached hydrogen (secondary N) is 2. The second-order valence-electron chi connectivity index (χ2n) is 6.66. The van der Waals surface area contributed by atoms with Gasteiger partial charge in [0, 0.05) is 29.6 Å². The van der Waals surface area contributed by atoms with Gasteiger partial charge in [0.05, 0.1) is 9.82 Å². The van der Waals surface area contributed by atoms with Gasteiger partial charge in [0.25, 0.3) is 21.6 Å². The van der Waals surface area contributed by atoms with Crippen molar-refractivity contribution in [2.24, 2.45) is 0 Å². The molecule has 0 aliphatic rings. The molecule has 2 N–H and O–H groups in total. The van der Waals surface area contributed by atoms with Crippen LogP contribution in [-0.2, 0) is 14.8 Å². The van der Waals surface area contributed by atoms with Crippen LogP contribution in [-0.4, -0.2) is 35.8 Å². The van der Waals surface area contributed by atoms with Crippen LogP contribution in [0.15, 0.2) is 59.5 Å². The van der Waals surface area contributed by atoms with E-state index >= 15 is 0 Å². The Balaban J connectivity index is 1.58. The molecule has 12 heteroatoms. The van der Waals surface area contributed by atoms with Crippen molar-refractivity contribution in [3.05, 3.63) is 76.2 Å². The number of anilines is 2. The molecule has 1 amide bonds. The number of aromatic nitrogens is 2. The summed E-state index contributed by atoms with van der Waals surface area (Å²) >= 11 is 0. The third kappa shape index (κ3) is 5.98. The summed E-state index contributed by atoms with van der Waals surface area (Å²) in [5, 5.41) is 13.2. The van der Waals surface area contributed by atoms with Gasteiger partial charge in [0.2, 0.25) is 0 Å². The predicted octanol–water partition coefficient (Wildman–Crippen LogP) is 2.82. The Bertz CT molecular complexity index is 1220. The van der Waals surface area contributed by atoms with Crippen molar-refractivity contribution in [3.63, 3.8) is 0 Å². The molecule has 11 nitrogen and oxygen atoms in total. The summed E-state index contributed by atoms with van der Waals surface area (Å²) in [4.78, 5) is 30.3. The van der Waals surface area contributed by atoms with Crippen LogP contribution in [0.2, 0.25) is 0 Å². The number of nitro groups is 1. The Kier molecular flexibility index (Phi) is 6.64. The zero-order valence-corrected chi connectivity index (χ0v) is 17.9. The third-order valence-corrected chi connectivity index (χ3v) is 5.44. The van der Waals surface area contributed by atoms with Gasteiger partial charge in [-0.1, -0.05) is 0 Å². The predicted molar refractivity (Wildman–Crippen MR) is 116 cm³/mol. The van der Waals surface area contributed by atoms with E-state index in [0.29, 0.717) is 23.0 Å². The fourth-order valence-electron chi connectivity index (χ4n) is 2.69. The summed E-state index contributed by atoms with van der Waals surface area (Å²) in [6.07, 6.45) is 0. The van der Waals surface area contributed by atoms with Gasteiger partial charge in [-0.05, 0) is 50.2 Å². The van der Waals surface area contributed by atoms with Crippen LogP contribution >= 0.6 is 0 Å². The number of carbonyl (C=O) groups is 1. The molecule has 0 atom stereocenters. The topological polar surface area (TPSA) is 153 Å². The summed E-state index contributed by atoms with van der Waals surface area (Å²) in [7, 11) is -3.87. The molecule has 0 saturated heterocycles. The standard InChI is InChI=1S/C20H19N5O6S/c1-13-11-19(22-14(2)21-13)24-32(29,30)18-9-3-15(4-10-18)23-20(26)12-31-17-7-5-16(6-8-17)25(27)28/h3-11H,12H2,1-2H3,(H,23,26)(H,21,22,24). The van der Waals surface area contributed by atoms with E-state index in [1.165, 1.54) is 54.6 Å². The zero-order chi connectivity index (χ0) is 23.3. The van der Waals surface area contributed by atoms with Crippen molar-refractivity contribution in [3.8, 4) is 5.75 Å². The molecule has 0 fully saturated rings. The number of nitro benzene ring substituents is 1. The molecular formula is C20H19N5O6S. The van der Waals surface area contributed by atoms with Crippen LogP contribution in [0.5, 0.6) is 5.75 Å². The Hall–Kier alpha value is -4.06. The highest BCUT2D eigenvalue weighted by molar-refractivity contribution is 7.92. The number of hydrogen-bond donors (Lipinski definition) is 2. The van der Waals surface area contributed by atoms with Gasteiger partial charge in [-0.2, -0.15) is 0 Å². The number of aryl methyl sites for hydroxylation is 2. The summed E-state index contributed by atoms with van der Waals surface area (Å²) in [5.41, 5.74) is 0.912. The van der Waals surface area contributed by atoms with Crippen molar-refractivity contribution in [1.29, 1.82) is 0 Å². The van der Waals surface area contributed by atoms with Crippen molar-refractivity contribution in [2.75, 3.05) is 16.6 Å². The average Bonchev–Trinajstić information content (AvgIpc) is 2.72. The van der Waals surface area contributed by atoms with E-state index in [0.717, 1.165) is 0 Å². The number of nitrogens with zero attached hydrogens (tertiary/aromatic N) is 3. The minimum Gasteiger partial charge on any atom is -0.484 e. The highest BCUT2D eigenvalue weighted by Crippen LogP contribution is 2.19. The zero-order valence-electron chi connectivity index (χ0n) is 17.1. The molecule has 0 unspecified atom stereocenters. The van der Waals surface area contributed by atoms with E-state index in [9.17, 15) is 23.3 Å². The second-order valence-corrected chi connectivity index (χ2v) is 8.34. The second kappa shape index (κ2) is 9.39. The number of carbonyl (C=O) groups excluding carboxylic acids is 1. The first-order chi connectivity index (χ1) is 15.1. The fraction of sp³-hybridized carbons (Fsp3) is 0.150. The van der Waals surface area contributed by atoms with Crippen LogP contribution in [0.3, 0.4) is 0 Å². The van der Waals surface area contributed by atoms with E-state index in [2.05, 4.69) is 20.0 Å². The minimum absolute atomic E-state index is 0.00783. The quantitative estimate of drug-likeness (QED) is 0.387. The highest BCUT2D eigenvalue weighted by atomic mass is 32.2. The van der Waals surface area contributed by atoms with Crippen LogP contribution in [0.25, 0.3) is 0 Å². The largest absolute Gasteiger partial charge is 0.484 e. The molecule has 0 saturated carbocycles. The lowest BCUT2D eigenvalue weighted by Gasteiger charge is -2.10. The lowest BCUT2D eigenvalue weighted by molar-refractivity contribution is -0.384. The smallest absolute Gasteiger partial charge is 0.269 e. The van der Waals surface area contributed by atoms with Crippen LogP contribution in [0.4, 0.5) is 17.2 Å². The average molecular weight is 457 g/mol. The third-order valence-electron chi connectivity index (χ3n) is 4.07. The van der Waals surface area contributed by atoms with Gasteiger partial charge in [0.1, 0.15) is 17.4 Å². The van der Waals surface area contributed by atoms with Crippen LogP contribution < -0.4 is 14.8 Å². The number of ether oxygens (including phenoxy) is 1. The first kappa shape index (κ1) is 22.6. The monoisotopic (exact) mass is 457 g/mol. The van der Waals surface area contributed by atoms with Crippen molar-refractivity contribution >= 4 is 33.1 Å². The summed E-state index contributed by atoms with van der Waals surface area (Å²) in [6, 6.07) is 12.4. The molecule has 1 heterocycles. The maximum Gasteiger partial charge on any atom is 0.269 e. The van der Waals surface area contributed by atoms with Crippen LogP contribution in [0.1, 0.15) is 11.5 Å². The van der Waals surface area contributed by atoms with E-state index in [-0.39, 0.29) is 23.0 Å². The minimum atomic E-state index is -3.87. The molecule has 0 aliphatic carbocycles. The van der Waals surface area contributed by atoms with E-state index in [1.54, 1.807) is 13.8 Å². The summed E-state index contributed by atoms with van der Waals surface area (Å²) < 4.78 is 32.8. The summed E-state index contributed by atoms with van der Waals surface area (Å²) in [5.74, 6) is 0.421. The molecule has 0 spiro atoms. The number of rotatable bonds is 8. The van der Waals surface area contributed by atoms with Crippen molar-refractivity contribution in [1.82, 2.24) is 9.97 Å². The number of amides is 1. The molecule has 0 aliphatic heterocycles. The molecular weight excluding hydrogens is 438 g/mol. The highest BCUT2D eigenvalue weighted by Gasteiger charge is 2.16. The fourth-order valence-corrected chi connectivity index (χ4v) is 3.69. The molecule has 3 aromatic rings. The first-order valence-corrected chi connectivity index (χ1v) is 10.7. The number of non-ortho nitro benzene ring substituents is 1. The SMILES string of the molecule is Cc1cc(NS(=O)(=O)c2ccc(NC(=O)COc3ccc([N+](=O)[O-])cc3)cc2)nc(C)n1. The van der Waals surface area contributed by atoms with Gasteiger partial charge in [0.15, 0.2) is 6.61 Å². The van der Waals surface area contributed by atoms with Crippen molar-refractivity contribution < 1.29 is 22.9 Å². The summed E-state index contributed by atoms with van der Waals surface area (Å²) in [6.45, 7) is 3.06. The first-order valence-electron chi connectivity index (χ1n) is 9.25. The van der Waals surface area contributed by atoms with E-state index in [4.69, 9.17) is 4.74 Å². The number of benzene rings is 2. The van der Waals surface area contributed by atoms with Gasteiger partial charge >= 0.3 is 0 Å². The molecule has 2 aromatic carbocycles. The van der Waals surface area contributed by atoms with Crippen molar-refractivity contribution in [2.45, 2.75) is 18.7 Å². The Labute approximate surface area is 183 Å². The lowest BCUT2D eigenvalue weighted by atomic mass is 10.3. The molecule has 3 rings (SSSR count). The Morgan fingerprint density at radius 2 is 1.72 bits per heavy atom. The van der Waals surface area contributed by atoms with E-state index < -0.39 is 20.9 Å². The van der Waals surface area contributed by atoms with Gasteiger partial charge < -0.3 is 10.1 Å². The molecule has 166 valence electrons. The van der Waals surface area contributed by atoms with Gasteiger partial charge in [-0.3, -0.25) is 19.6 Å². The maximum atomic E-state index is 12.6. The molecule has 32 heavy (non-hydrogen) atoms. The number of hydrogen-bond acceptors (Lipinski definition) is 8. The van der Waals surface area contributed by atoms with Gasteiger partial charge in [-0.15, -0.1) is 0 Å². The molecule has 0 bridgehead atoms. The van der Waals surface area contributed by atoms with Crippen LogP contribution in [0, 0.1) is 24.0 Å². The molecule has 0 radical (unpaired) electrons. The Morgan fingerprint density at radius 1 is 1.06 bits per heavy atom. The normalized spacial score (nSPS) is 10.9. The van der Waals surface area contributed by atoms with E-state index in [1.807, 2.05) is 0 Å². The molecule has 1 aromatic heterocycles. The lowest BCUT2D eigenvalue weighted by Crippen LogP contribution is -2.20. The maximum absolute atomic E-state index is 12.6. The Morgan fingerprint density at radius 3 is 2.31 bits per heavy atom. The van der Waals surface area contributed by atoms with Gasteiger partial charge in [-0.25, -0.2) is 18.4 Å².